The SMILES string of the molecule is [C-]#[N+][C@@]12C=CC(O)(C(C)O)C1O2. The monoisotopic (exact) mass is 167 g/mol. The fourth-order valence-electron chi connectivity index (χ4n) is 1.53. The lowest BCUT2D eigenvalue weighted by atomic mass is 9.96. The first-order valence-electron chi connectivity index (χ1n) is 3.72. The van der Waals surface area contributed by atoms with Crippen molar-refractivity contribution in [3.63, 3.8) is 0 Å². The zero-order valence-corrected chi connectivity index (χ0v) is 6.56. The molecule has 12 heavy (non-hydrogen) atoms. The van der Waals surface area contributed by atoms with Gasteiger partial charge in [0.15, 0.2) is 0 Å². The highest BCUT2D eigenvalue weighted by Crippen LogP contribution is 2.52. The fourth-order valence-corrected chi connectivity index (χ4v) is 1.53. The Hall–Kier alpha value is -0.890. The van der Waals surface area contributed by atoms with Crippen molar-refractivity contribution in [1.82, 2.24) is 0 Å². The van der Waals surface area contributed by atoms with Crippen molar-refractivity contribution in [3.05, 3.63) is 23.6 Å². The van der Waals surface area contributed by atoms with Crippen LogP contribution < -0.4 is 0 Å². The predicted molar refractivity (Wildman–Crippen MR) is 40.0 cm³/mol. The second-order valence-electron chi connectivity index (χ2n) is 3.26. The average molecular weight is 167 g/mol. The van der Waals surface area contributed by atoms with Gasteiger partial charge in [-0.05, 0) is 13.0 Å². The Labute approximate surface area is 69.9 Å². The van der Waals surface area contributed by atoms with Crippen LogP contribution in [0.2, 0.25) is 0 Å². The molecular formula is C8H9NO3. The van der Waals surface area contributed by atoms with Crippen LogP contribution in [0, 0.1) is 6.57 Å². The van der Waals surface area contributed by atoms with E-state index in [0.29, 0.717) is 0 Å². The second-order valence-corrected chi connectivity index (χ2v) is 3.26. The van der Waals surface area contributed by atoms with Gasteiger partial charge in [-0.3, -0.25) is 9.58 Å². The normalized spacial score (nSPS) is 51.3. The Morgan fingerprint density at radius 1 is 1.67 bits per heavy atom. The lowest BCUT2D eigenvalue weighted by Crippen LogP contribution is -2.43. The van der Waals surface area contributed by atoms with E-state index in [1.165, 1.54) is 19.1 Å². The molecule has 4 atom stereocenters. The molecule has 0 radical (unpaired) electrons. The molecule has 0 aromatic heterocycles. The molecule has 0 aromatic carbocycles. The van der Waals surface area contributed by atoms with Gasteiger partial charge in [0, 0.05) is 6.08 Å². The Balaban J connectivity index is 2.29. The van der Waals surface area contributed by atoms with Crippen molar-refractivity contribution in [2.45, 2.75) is 30.5 Å². The average Bonchev–Trinajstić information content (AvgIpc) is 2.70. The van der Waals surface area contributed by atoms with Gasteiger partial charge in [-0.15, -0.1) is 0 Å². The third-order valence-electron chi connectivity index (χ3n) is 2.48. The molecule has 4 heteroatoms. The number of epoxide rings is 1. The van der Waals surface area contributed by atoms with Crippen LogP contribution >= 0.6 is 0 Å². The maximum absolute atomic E-state index is 9.77. The van der Waals surface area contributed by atoms with Crippen LogP contribution in [0.4, 0.5) is 0 Å². The molecule has 1 aliphatic carbocycles. The number of aliphatic hydroxyl groups excluding tert-OH is 1. The van der Waals surface area contributed by atoms with Gasteiger partial charge in [0.2, 0.25) is 6.10 Å². The van der Waals surface area contributed by atoms with Crippen LogP contribution in [-0.4, -0.2) is 33.7 Å². The van der Waals surface area contributed by atoms with E-state index in [9.17, 15) is 10.2 Å². The van der Waals surface area contributed by atoms with Gasteiger partial charge in [0.05, 0.1) is 6.10 Å². The van der Waals surface area contributed by atoms with Gasteiger partial charge in [-0.2, -0.15) is 0 Å². The molecule has 0 bridgehead atoms. The zero-order valence-electron chi connectivity index (χ0n) is 6.56. The van der Waals surface area contributed by atoms with Crippen LogP contribution in [0.25, 0.3) is 4.85 Å². The summed E-state index contributed by atoms with van der Waals surface area (Å²) in [7, 11) is 0. The van der Waals surface area contributed by atoms with Crippen molar-refractivity contribution in [3.8, 4) is 0 Å². The van der Waals surface area contributed by atoms with E-state index in [2.05, 4.69) is 4.85 Å². The lowest BCUT2D eigenvalue weighted by Gasteiger charge is -2.21. The molecule has 64 valence electrons. The second kappa shape index (κ2) is 1.88. The van der Waals surface area contributed by atoms with Gasteiger partial charge >= 0.3 is 5.72 Å². The van der Waals surface area contributed by atoms with Crippen LogP contribution in [0.5, 0.6) is 0 Å². The van der Waals surface area contributed by atoms with Crippen LogP contribution in [0.1, 0.15) is 6.92 Å². The van der Waals surface area contributed by atoms with E-state index in [-0.39, 0.29) is 0 Å². The molecule has 1 saturated heterocycles. The third kappa shape index (κ3) is 0.661. The molecular weight excluding hydrogens is 158 g/mol. The van der Waals surface area contributed by atoms with E-state index >= 15 is 0 Å². The van der Waals surface area contributed by atoms with Gasteiger partial charge in [-0.1, -0.05) is 0 Å². The molecule has 0 amide bonds. The summed E-state index contributed by atoms with van der Waals surface area (Å²) in [5, 5.41) is 19.0. The minimum Gasteiger partial charge on any atom is -0.390 e. The standard InChI is InChI=1S/C8H9NO3/c1-5(10)7(11)3-4-8(9-2)6(7)12-8/h3-6,10-11H,1H3/t5?,6?,7?,8-/m1/s1. The molecule has 0 spiro atoms. The smallest absolute Gasteiger partial charge is 0.387 e. The number of ether oxygens (including phenoxy) is 1. The number of rotatable bonds is 1. The van der Waals surface area contributed by atoms with Gasteiger partial charge in [-0.25, -0.2) is 6.57 Å². The summed E-state index contributed by atoms with van der Waals surface area (Å²) < 4.78 is 5.02. The summed E-state index contributed by atoms with van der Waals surface area (Å²) in [5.74, 6) is 0. The fraction of sp³-hybridized carbons (Fsp3) is 0.625. The Morgan fingerprint density at radius 2 is 2.33 bits per heavy atom. The Bertz CT molecular complexity index is 293. The third-order valence-corrected chi connectivity index (χ3v) is 2.48. The lowest BCUT2D eigenvalue weighted by molar-refractivity contribution is -0.0459. The quantitative estimate of drug-likeness (QED) is 0.320. The molecule has 1 heterocycles. The van der Waals surface area contributed by atoms with Crippen LogP contribution in [-0.2, 0) is 4.74 Å². The summed E-state index contributed by atoms with van der Waals surface area (Å²) in [6.45, 7) is 8.29. The maximum atomic E-state index is 9.77. The number of aliphatic hydroxyl groups is 2. The van der Waals surface area contributed by atoms with Crippen LogP contribution in [0.3, 0.4) is 0 Å². The minimum absolute atomic E-state index is 0.581. The molecule has 4 nitrogen and oxygen atoms in total. The van der Waals surface area contributed by atoms with Gasteiger partial charge in [0.25, 0.3) is 0 Å². The Kier molecular flexibility index (Phi) is 1.21. The summed E-state index contributed by atoms with van der Waals surface area (Å²) in [4.78, 5) is 3.24. The number of hydrogen-bond donors (Lipinski definition) is 2. The molecule has 2 rings (SSSR count). The number of fused-ring (bicyclic) bond motifs is 1. The summed E-state index contributed by atoms with van der Waals surface area (Å²) in [6.07, 6.45) is 1.47. The summed E-state index contributed by atoms with van der Waals surface area (Å²) in [5.41, 5.74) is -2.35. The van der Waals surface area contributed by atoms with Gasteiger partial charge in [0.1, 0.15) is 5.60 Å². The van der Waals surface area contributed by atoms with Crippen molar-refractivity contribution in [1.29, 1.82) is 0 Å². The molecule has 1 aliphatic heterocycles. The van der Waals surface area contributed by atoms with Crippen molar-refractivity contribution >= 4 is 0 Å². The van der Waals surface area contributed by atoms with E-state index in [4.69, 9.17) is 11.3 Å². The Morgan fingerprint density at radius 3 is 2.58 bits per heavy atom. The predicted octanol–water partition coefficient (Wildman–Crippen LogP) is -0.318. The van der Waals surface area contributed by atoms with Crippen LogP contribution in [0.15, 0.2) is 12.2 Å². The first kappa shape index (κ1) is 7.74. The number of nitrogens with zero attached hydrogens (tertiary/aromatic N) is 1. The maximum Gasteiger partial charge on any atom is 0.387 e. The van der Waals surface area contributed by atoms with Gasteiger partial charge < -0.3 is 10.2 Å². The largest absolute Gasteiger partial charge is 0.390 e. The molecule has 0 aromatic rings. The molecule has 0 saturated carbocycles. The molecule has 2 N–H and O–H groups in total. The highest BCUT2D eigenvalue weighted by molar-refractivity contribution is 5.38. The molecule has 3 unspecified atom stereocenters. The molecule has 1 fully saturated rings. The number of hydrogen-bond acceptors (Lipinski definition) is 3. The first-order chi connectivity index (χ1) is 5.55. The van der Waals surface area contributed by atoms with Crippen molar-refractivity contribution < 1.29 is 14.9 Å². The summed E-state index contributed by atoms with van der Waals surface area (Å²) >= 11 is 0. The highest BCUT2D eigenvalue weighted by Gasteiger charge is 2.76. The topological polar surface area (TPSA) is 57.4 Å². The van der Waals surface area contributed by atoms with E-state index in [1.807, 2.05) is 0 Å². The summed E-state index contributed by atoms with van der Waals surface area (Å²) in [6, 6.07) is 0. The molecule has 2 aliphatic rings. The van der Waals surface area contributed by atoms with E-state index < -0.39 is 23.5 Å². The minimum atomic E-state index is -1.37. The van der Waals surface area contributed by atoms with E-state index in [0.717, 1.165) is 0 Å². The highest BCUT2D eigenvalue weighted by atomic mass is 16.6. The van der Waals surface area contributed by atoms with Crippen molar-refractivity contribution in [2.75, 3.05) is 0 Å². The van der Waals surface area contributed by atoms with Crippen molar-refractivity contribution in [2.24, 2.45) is 0 Å². The van der Waals surface area contributed by atoms with E-state index in [1.54, 1.807) is 0 Å². The first-order valence-corrected chi connectivity index (χ1v) is 3.72. The zero-order chi connectivity index (χ0) is 8.98.